The van der Waals surface area contributed by atoms with Gasteiger partial charge in [-0.3, -0.25) is 0 Å². The molecule has 0 aromatic heterocycles. The molecule has 0 amide bonds. The molecule has 0 fully saturated rings. The highest BCUT2D eigenvalue weighted by atomic mass is 16.5. The first-order valence-corrected chi connectivity index (χ1v) is 5.90. The van der Waals surface area contributed by atoms with Crippen LogP contribution in [-0.4, -0.2) is 18.3 Å². The van der Waals surface area contributed by atoms with Crippen molar-refractivity contribution in [1.29, 1.82) is 0 Å². The lowest BCUT2D eigenvalue weighted by molar-refractivity contribution is 0.0975. The fraction of sp³-hybridized carbons (Fsp3) is 0.571. The van der Waals surface area contributed by atoms with Crippen molar-refractivity contribution >= 4 is 0 Å². The highest BCUT2D eigenvalue weighted by molar-refractivity contribution is 5.27. The highest BCUT2D eigenvalue weighted by Crippen LogP contribution is 2.18. The molecule has 90 valence electrons. The first-order valence-electron chi connectivity index (χ1n) is 5.90. The number of aryl methyl sites for hydroxylation is 1. The van der Waals surface area contributed by atoms with E-state index >= 15 is 0 Å². The molecule has 2 heteroatoms. The molecule has 0 aliphatic heterocycles. The first-order chi connectivity index (χ1) is 7.57. The van der Waals surface area contributed by atoms with Crippen molar-refractivity contribution in [2.24, 2.45) is 5.41 Å². The van der Waals surface area contributed by atoms with Crippen molar-refractivity contribution in [3.05, 3.63) is 29.8 Å². The van der Waals surface area contributed by atoms with Crippen molar-refractivity contribution in [2.45, 2.75) is 33.6 Å². The zero-order chi connectivity index (χ0) is 12.0. The third-order valence-electron chi connectivity index (χ3n) is 2.52. The van der Waals surface area contributed by atoms with Crippen LogP contribution >= 0.6 is 0 Å². The van der Waals surface area contributed by atoms with Gasteiger partial charge in [0.1, 0.15) is 5.75 Å². The summed E-state index contributed by atoms with van der Waals surface area (Å²) in [7, 11) is 0. The average Bonchev–Trinajstić information content (AvgIpc) is 2.29. The van der Waals surface area contributed by atoms with Crippen LogP contribution in [0.3, 0.4) is 0 Å². The Kier molecular flexibility index (Phi) is 4.81. The Morgan fingerprint density at radius 3 is 2.31 bits per heavy atom. The van der Waals surface area contributed by atoms with Gasteiger partial charge in [0.15, 0.2) is 0 Å². The van der Waals surface area contributed by atoms with E-state index in [1.807, 2.05) is 26.0 Å². The number of aliphatic hydroxyl groups is 1. The maximum absolute atomic E-state index is 9.11. The lowest BCUT2D eigenvalue weighted by Gasteiger charge is -2.21. The van der Waals surface area contributed by atoms with E-state index in [1.165, 1.54) is 5.56 Å². The number of hydrogen-bond acceptors (Lipinski definition) is 2. The molecule has 0 spiro atoms. The molecule has 0 aliphatic rings. The lowest BCUT2D eigenvalue weighted by Crippen LogP contribution is -2.25. The quantitative estimate of drug-likeness (QED) is 0.801. The molecule has 1 aromatic rings. The van der Waals surface area contributed by atoms with Crippen LogP contribution in [0, 0.1) is 5.41 Å². The number of hydrogen-bond donors (Lipinski definition) is 1. The molecule has 2 nitrogen and oxygen atoms in total. The molecule has 1 rings (SSSR count). The number of aliphatic hydroxyl groups excluding tert-OH is 1. The predicted molar refractivity (Wildman–Crippen MR) is 66.8 cm³/mol. The van der Waals surface area contributed by atoms with E-state index in [0.717, 1.165) is 18.6 Å². The summed E-state index contributed by atoms with van der Waals surface area (Å²) < 4.78 is 5.63. The van der Waals surface area contributed by atoms with E-state index in [-0.39, 0.29) is 12.0 Å². The number of rotatable bonds is 6. The number of benzene rings is 1. The van der Waals surface area contributed by atoms with E-state index in [4.69, 9.17) is 9.84 Å². The summed E-state index contributed by atoms with van der Waals surface area (Å²) in [4.78, 5) is 0. The summed E-state index contributed by atoms with van der Waals surface area (Å²) in [6.07, 6.45) is 2.28. The van der Waals surface area contributed by atoms with Crippen LogP contribution in [-0.2, 0) is 6.42 Å². The van der Waals surface area contributed by atoms with Crippen molar-refractivity contribution in [3.8, 4) is 5.75 Å². The summed E-state index contributed by atoms with van der Waals surface area (Å²) >= 11 is 0. The van der Waals surface area contributed by atoms with Gasteiger partial charge in [-0.2, -0.15) is 0 Å². The minimum atomic E-state index is -0.178. The Bertz CT molecular complexity index is 301. The van der Waals surface area contributed by atoms with Crippen LogP contribution in [0.5, 0.6) is 5.75 Å². The Morgan fingerprint density at radius 2 is 1.81 bits per heavy atom. The molecule has 0 aliphatic carbocycles. The average molecular weight is 222 g/mol. The van der Waals surface area contributed by atoms with Gasteiger partial charge in [-0.05, 0) is 24.1 Å². The van der Waals surface area contributed by atoms with E-state index in [1.54, 1.807) is 0 Å². The fourth-order valence-electron chi connectivity index (χ4n) is 1.37. The molecule has 1 N–H and O–H groups in total. The Balaban J connectivity index is 2.49. The molecule has 0 saturated heterocycles. The summed E-state index contributed by atoms with van der Waals surface area (Å²) in [6.45, 7) is 6.82. The van der Waals surface area contributed by atoms with Crippen LogP contribution in [0.25, 0.3) is 0 Å². The molecule has 0 bridgehead atoms. The largest absolute Gasteiger partial charge is 0.493 e. The maximum atomic E-state index is 9.11. The Hall–Kier alpha value is -1.02. The van der Waals surface area contributed by atoms with Crippen LogP contribution in [0.15, 0.2) is 24.3 Å². The summed E-state index contributed by atoms with van der Waals surface area (Å²) in [5, 5.41) is 9.11. The summed E-state index contributed by atoms with van der Waals surface area (Å²) in [5.74, 6) is 0.876. The topological polar surface area (TPSA) is 29.5 Å². The third-order valence-corrected chi connectivity index (χ3v) is 2.52. The van der Waals surface area contributed by atoms with Gasteiger partial charge in [-0.25, -0.2) is 0 Å². The van der Waals surface area contributed by atoms with Crippen LogP contribution in [0.2, 0.25) is 0 Å². The molecule has 0 atom stereocenters. The lowest BCUT2D eigenvalue weighted by atomic mass is 9.96. The smallest absolute Gasteiger partial charge is 0.119 e. The maximum Gasteiger partial charge on any atom is 0.119 e. The van der Waals surface area contributed by atoms with Crippen molar-refractivity contribution in [3.63, 3.8) is 0 Å². The second-order valence-electron chi connectivity index (χ2n) is 5.00. The van der Waals surface area contributed by atoms with Gasteiger partial charge in [-0.1, -0.05) is 39.3 Å². The van der Waals surface area contributed by atoms with Crippen LogP contribution in [0.4, 0.5) is 0 Å². The molecule has 0 saturated carbocycles. The first kappa shape index (κ1) is 13.0. The van der Waals surface area contributed by atoms with Crippen molar-refractivity contribution in [2.75, 3.05) is 13.2 Å². The third kappa shape index (κ3) is 4.23. The van der Waals surface area contributed by atoms with Gasteiger partial charge in [0, 0.05) is 5.41 Å². The van der Waals surface area contributed by atoms with Gasteiger partial charge >= 0.3 is 0 Å². The summed E-state index contributed by atoms with van der Waals surface area (Å²) in [6, 6.07) is 8.20. The van der Waals surface area contributed by atoms with Crippen LogP contribution in [0.1, 0.15) is 32.8 Å². The van der Waals surface area contributed by atoms with Gasteiger partial charge in [0.2, 0.25) is 0 Å². The Labute approximate surface area is 98.3 Å². The normalized spacial score (nSPS) is 11.5. The van der Waals surface area contributed by atoms with E-state index in [2.05, 4.69) is 19.1 Å². The molecule has 16 heavy (non-hydrogen) atoms. The Morgan fingerprint density at radius 1 is 1.19 bits per heavy atom. The zero-order valence-corrected chi connectivity index (χ0v) is 10.5. The second kappa shape index (κ2) is 5.90. The zero-order valence-electron chi connectivity index (χ0n) is 10.5. The van der Waals surface area contributed by atoms with Gasteiger partial charge in [0.25, 0.3) is 0 Å². The minimum Gasteiger partial charge on any atom is -0.493 e. The molecular formula is C14H22O2. The SMILES string of the molecule is CCCc1ccc(OCC(C)(C)CO)cc1. The molecular weight excluding hydrogens is 200 g/mol. The second-order valence-corrected chi connectivity index (χ2v) is 5.00. The van der Waals surface area contributed by atoms with Gasteiger partial charge < -0.3 is 9.84 Å². The van der Waals surface area contributed by atoms with Crippen molar-refractivity contribution in [1.82, 2.24) is 0 Å². The van der Waals surface area contributed by atoms with E-state index in [9.17, 15) is 0 Å². The van der Waals surface area contributed by atoms with Gasteiger partial charge in [0.05, 0.1) is 13.2 Å². The standard InChI is InChI=1S/C14H22O2/c1-4-5-12-6-8-13(9-7-12)16-11-14(2,3)10-15/h6-9,15H,4-5,10-11H2,1-3H3. The van der Waals surface area contributed by atoms with Crippen molar-refractivity contribution < 1.29 is 9.84 Å². The minimum absolute atomic E-state index is 0.140. The number of ether oxygens (including phenoxy) is 1. The highest BCUT2D eigenvalue weighted by Gasteiger charge is 2.17. The van der Waals surface area contributed by atoms with E-state index in [0.29, 0.717) is 6.61 Å². The monoisotopic (exact) mass is 222 g/mol. The molecule has 0 heterocycles. The van der Waals surface area contributed by atoms with E-state index < -0.39 is 0 Å². The predicted octanol–water partition coefficient (Wildman–Crippen LogP) is 3.04. The molecule has 0 unspecified atom stereocenters. The van der Waals surface area contributed by atoms with Gasteiger partial charge in [-0.15, -0.1) is 0 Å². The molecule has 1 aromatic carbocycles. The van der Waals surface area contributed by atoms with Crippen LogP contribution < -0.4 is 4.74 Å². The fourth-order valence-corrected chi connectivity index (χ4v) is 1.37. The molecule has 0 radical (unpaired) electrons. The summed E-state index contributed by atoms with van der Waals surface area (Å²) in [5.41, 5.74) is 1.17.